The number of hydrogen-bond acceptors (Lipinski definition) is 7. The zero-order chi connectivity index (χ0) is 33.2. The highest BCUT2D eigenvalue weighted by Crippen LogP contribution is 2.33. The smallest absolute Gasteiger partial charge is 0.445 e. The minimum atomic E-state index is -4.79. The molecule has 0 aliphatic carbocycles. The van der Waals surface area contributed by atoms with Crippen LogP contribution in [0.3, 0.4) is 0 Å². The number of aromatic nitrogens is 2. The molecule has 5 rings (SSSR count). The first-order valence-corrected chi connectivity index (χ1v) is 15.2. The van der Waals surface area contributed by atoms with Crippen LogP contribution in [0, 0.1) is 11.3 Å². The van der Waals surface area contributed by atoms with Crippen molar-refractivity contribution in [1.82, 2.24) is 20.6 Å². The molecule has 2 amide bonds. The first kappa shape index (κ1) is 32.9. The van der Waals surface area contributed by atoms with Gasteiger partial charge in [0.1, 0.15) is 18.5 Å². The molecule has 47 heavy (non-hydrogen) atoms. The Kier molecular flexibility index (Phi) is 10.7. The Hall–Kier alpha value is -5.44. The van der Waals surface area contributed by atoms with Crippen LogP contribution in [0.2, 0.25) is 0 Å². The maximum Gasteiger partial charge on any atom is 0.451 e. The van der Waals surface area contributed by atoms with Gasteiger partial charge in [0, 0.05) is 31.3 Å². The van der Waals surface area contributed by atoms with Gasteiger partial charge in [-0.15, -0.1) is 0 Å². The van der Waals surface area contributed by atoms with E-state index in [4.69, 9.17) is 10.00 Å². The predicted octanol–water partition coefficient (Wildman–Crippen LogP) is 5.83. The molecule has 0 saturated carbocycles. The monoisotopic (exact) mass is 642 g/mol. The summed E-state index contributed by atoms with van der Waals surface area (Å²) in [5.74, 6) is -1.53. The number of hydrogen-bond donors (Lipinski definition) is 2. The second-order valence-electron chi connectivity index (χ2n) is 11.1. The fourth-order valence-electron chi connectivity index (χ4n) is 5.29. The van der Waals surface area contributed by atoms with Crippen LogP contribution in [-0.4, -0.2) is 47.6 Å². The van der Waals surface area contributed by atoms with Crippen LogP contribution in [-0.2, 0) is 35.2 Å². The molecule has 1 aromatic heterocycles. The van der Waals surface area contributed by atoms with Crippen molar-refractivity contribution in [3.8, 4) is 17.3 Å². The van der Waals surface area contributed by atoms with E-state index in [0.717, 1.165) is 16.7 Å². The lowest BCUT2D eigenvalue weighted by molar-refractivity contribution is -0.144. The molecule has 0 spiro atoms. The van der Waals surface area contributed by atoms with Gasteiger partial charge in [-0.3, -0.25) is 4.79 Å². The SMILES string of the molecule is N#Cc1ccc(CCNC(=O)[C@@H]2CCCN2c2cc(-c3ccc(CCNC(=O)OCc4ccccc4)cc3)nc(C(F)(F)F)n2)cc1. The molecule has 0 bridgehead atoms. The number of rotatable bonds is 11. The lowest BCUT2D eigenvalue weighted by Gasteiger charge is -2.26. The zero-order valence-corrected chi connectivity index (χ0v) is 25.5. The largest absolute Gasteiger partial charge is 0.451 e. The van der Waals surface area contributed by atoms with Gasteiger partial charge in [0.05, 0.1) is 17.3 Å². The number of alkyl carbamates (subject to hydrolysis) is 1. The number of alkyl halides is 3. The van der Waals surface area contributed by atoms with Crippen LogP contribution in [0.25, 0.3) is 11.3 Å². The predicted molar refractivity (Wildman–Crippen MR) is 169 cm³/mol. The third-order valence-electron chi connectivity index (χ3n) is 7.76. The summed E-state index contributed by atoms with van der Waals surface area (Å²) < 4.78 is 47.0. The zero-order valence-electron chi connectivity index (χ0n) is 25.5. The minimum Gasteiger partial charge on any atom is -0.445 e. The van der Waals surface area contributed by atoms with Gasteiger partial charge in [-0.1, -0.05) is 66.7 Å². The second kappa shape index (κ2) is 15.2. The maximum absolute atomic E-state index is 13.9. The number of carbonyl (C=O) groups is 2. The lowest BCUT2D eigenvalue weighted by Crippen LogP contribution is -2.44. The minimum absolute atomic E-state index is 0.0364. The van der Waals surface area contributed by atoms with Crippen molar-refractivity contribution in [3.05, 3.63) is 113 Å². The van der Waals surface area contributed by atoms with Crippen LogP contribution >= 0.6 is 0 Å². The normalized spacial score (nSPS) is 14.3. The van der Waals surface area contributed by atoms with E-state index in [-0.39, 0.29) is 24.0 Å². The second-order valence-corrected chi connectivity index (χ2v) is 11.1. The average molecular weight is 643 g/mol. The molecule has 3 aromatic carbocycles. The number of carbonyl (C=O) groups excluding carboxylic acids is 2. The first-order valence-electron chi connectivity index (χ1n) is 15.2. The van der Waals surface area contributed by atoms with Crippen molar-refractivity contribution in [2.45, 2.75) is 44.5 Å². The summed E-state index contributed by atoms with van der Waals surface area (Å²) in [4.78, 5) is 34.4. The van der Waals surface area contributed by atoms with E-state index < -0.39 is 24.1 Å². The number of benzene rings is 3. The molecule has 2 heterocycles. The van der Waals surface area contributed by atoms with Crippen LogP contribution in [0.5, 0.6) is 0 Å². The first-order chi connectivity index (χ1) is 22.7. The summed E-state index contributed by atoms with van der Waals surface area (Å²) in [6, 6.07) is 26.1. The Bertz CT molecular complexity index is 1710. The van der Waals surface area contributed by atoms with Crippen molar-refractivity contribution in [3.63, 3.8) is 0 Å². The van der Waals surface area contributed by atoms with Crippen LogP contribution < -0.4 is 15.5 Å². The summed E-state index contributed by atoms with van der Waals surface area (Å²) in [5.41, 5.74) is 3.78. The van der Waals surface area contributed by atoms with Crippen LogP contribution in [0.4, 0.5) is 23.8 Å². The summed E-state index contributed by atoms with van der Waals surface area (Å²) in [6.45, 7) is 1.19. The highest BCUT2D eigenvalue weighted by molar-refractivity contribution is 5.85. The van der Waals surface area contributed by atoms with E-state index in [1.165, 1.54) is 6.07 Å². The fourth-order valence-corrected chi connectivity index (χ4v) is 5.29. The molecule has 0 radical (unpaired) electrons. The number of halogens is 3. The molecule has 0 unspecified atom stereocenters. The van der Waals surface area contributed by atoms with Gasteiger partial charge >= 0.3 is 12.3 Å². The molecule has 1 aliphatic rings. The molecule has 1 saturated heterocycles. The van der Waals surface area contributed by atoms with E-state index in [9.17, 15) is 22.8 Å². The Morgan fingerprint density at radius 2 is 1.55 bits per heavy atom. The maximum atomic E-state index is 13.9. The number of nitrogens with one attached hydrogen (secondary N) is 2. The van der Waals surface area contributed by atoms with E-state index in [0.29, 0.717) is 56.4 Å². The van der Waals surface area contributed by atoms with Gasteiger partial charge in [-0.2, -0.15) is 18.4 Å². The van der Waals surface area contributed by atoms with E-state index in [1.54, 1.807) is 41.3 Å². The molecule has 1 fully saturated rings. The Labute approximate surface area is 270 Å². The molecular formula is C35H33F3N6O3. The van der Waals surface area contributed by atoms with Crippen LogP contribution in [0.15, 0.2) is 84.9 Å². The quantitative estimate of drug-likeness (QED) is 0.211. The van der Waals surface area contributed by atoms with E-state index in [1.807, 2.05) is 42.5 Å². The third kappa shape index (κ3) is 9.07. The molecule has 12 heteroatoms. The van der Waals surface area contributed by atoms with Gasteiger partial charge in [0.15, 0.2) is 0 Å². The topological polar surface area (TPSA) is 120 Å². The summed E-state index contributed by atoms with van der Waals surface area (Å²) in [6.07, 6.45) is -3.20. The van der Waals surface area contributed by atoms with Gasteiger partial charge in [-0.05, 0) is 54.5 Å². The number of amides is 2. The average Bonchev–Trinajstić information content (AvgIpc) is 3.58. The lowest BCUT2D eigenvalue weighted by atomic mass is 10.1. The third-order valence-corrected chi connectivity index (χ3v) is 7.76. The molecule has 2 N–H and O–H groups in total. The summed E-state index contributed by atoms with van der Waals surface area (Å²) in [7, 11) is 0. The molecule has 1 atom stereocenters. The van der Waals surface area contributed by atoms with Crippen molar-refractivity contribution in [2.24, 2.45) is 0 Å². The Balaban J connectivity index is 1.21. The standard InChI is InChI=1S/C35H33F3N6O3/c36-35(37,38)33-42-29(28-14-12-25(13-15-28)17-19-41-34(46)47-23-27-5-2-1-3-6-27)21-31(43-33)44-20-4-7-30(44)32(45)40-18-16-24-8-10-26(22-39)11-9-24/h1-3,5-6,8-15,21,30H,4,7,16-20,23H2,(H,40,45)(H,41,46)/t30-/m0/s1. The summed E-state index contributed by atoms with van der Waals surface area (Å²) >= 11 is 0. The van der Waals surface area contributed by atoms with E-state index in [2.05, 4.69) is 26.7 Å². The van der Waals surface area contributed by atoms with Gasteiger partial charge in [0.25, 0.3) is 0 Å². The molecule has 4 aromatic rings. The van der Waals surface area contributed by atoms with Crippen molar-refractivity contribution in [1.29, 1.82) is 5.26 Å². The Morgan fingerprint density at radius 1 is 0.894 bits per heavy atom. The molecule has 1 aliphatic heterocycles. The molecule has 9 nitrogen and oxygen atoms in total. The fraction of sp³-hybridized carbons (Fsp3) is 0.286. The van der Waals surface area contributed by atoms with Gasteiger partial charge < -0.3 is 20.3 Å². The summed E-state index contributed by atoms with van der Waals surface area (Å²) in [5, 5.41) is 14.5. The highest BCUT2D eigenvalue weighted by atomic mass is 19.4. The van der Waals surface area contributed by atoms with Gasteiger partial charge in [-0.25, -0.2) is 14.8 Å². The highest BCUT2D eigenvalue weighted by Gasteiger charge is 2.38. The van der Waals surface area contributed by atoms with Crippen molar-refractivity contribution < 1.29 is 27.5 Å². The number of anilines is 1. The number of nitriles is 1. The Morgan fingerprint density at radius 3 is 2.21 bits per heavy atom. The van der Waals surface area contributed by atoms with Crippen molar-refractivity contribution in [2.75, 3.05) is 24.5 Å². The number of nitrogens with zero attached hydrogens (tertiary/aromatic N) is 4. The van der Waals surface area contributed by atoms with Crippen LogP contribution in [0.1, 0.15) is 40.9 Å². The van der Waals surface area contributed by atoms with Crippen molar-refractivity contribution >= 4 is 17.8 Å². The molecule has 242 valence electrons. The number of ether oxygens (including phenoxy) is 1. The van der Waals surface area contributed by atoms with E-state index >= 15 is 0 Å². The van der Waals surface area contributed by atoms with Gasteiger partial charge in [0.2, 0.25) is 11.7 Å². The molecular weight excluding hydrogens is 609 g/mol.